The second-order valence-corrected chi connectivity index (χ2v) is 4.50. The minimum absolute atomic E-state index is 0.0387. The third-order valence-corrected chi connectivity index (χ3v) is 3.24. The molecule has 0 atom stereocenters. The van der Waals surface area contributed by atoms with Gasteiger partial charge in [0.25, 0.3) is 0 Å². The van der Waals surface area contributed by atoms with E-state index in [4.69, 9.17) is 4.74 Å². The van der Waals surface area contributed by atoms with E-state index in [-0.39, 0.29) is 6.03 Å². The molecule has 0 aromatic carbocycles. The predicted molar refractivity (Wildman–Crippen MR) is 78.2 cm³/mol. The van der Waals surface area contributed by atoms with Crippen LogP contribution in [0.15, 0.2) is 31.0 Å². The second-order valence-electron chi connectivity index (χ2n) is 4.50. The van der Waals surface area contributed by atoms with Gasteiger partial charge in [0.2, 0.25) is 0 Å². The Morgan fingerprint density at radius 3 is 2.90 bits per heavy atom. The summed E-state index contributed by atoms with van der Waals surface area (Å²) in [7, 11) is 1.64. The van der Waals surface area contributed by atoms with Crippen LogP contribution in [0.25, 0.3) is 0 Å². The molecule has 0 bridgehead atoms. The number of ether oxygens (including phenoxy) is 1. The van der Waals surface area contributed by atoms with E-state index in [1.807, 2.05) is 12.1 Å². The zero-order chi connectivity index (χ0) is 14.4. The van der Waals surface area contributed by atoms with Crippen LogP contribution in [0.5, 0.6) is 5.75 Å². The van der Waals surface area contributed by atoms with Crippen molar-refractivity contribution < 1.29 is 9.53 Å². The van der Waals surface area contributed by atoms with E-state index in [0.717, 1.165) is 24.7 Å². The number of aromatic nitrogens is 1. The van der Waals surface area contributed by atoms with Crippen molar-refractivity contribution in [3.05, 3.63) is 31.0 Å². The van der Waals surface area contributed by atoms with Crippen LogP contribution in [-0.4, -0.2) is 55.7 Å². The zero-order valence-electron chi connectivity index (χ0n) is 11.7. The fraction of sp³-hybridized carbons (Fsp3) is 0.429. The molecular formula is C14H20N4O2. The van der Waals surface area contributed by atoms with Crippen LogP contribution < -0.4 is 15.0 Å². The number of carbonyl (C=O) groups excluding carboxylic acids is 1. The highest BCUT2D eigenvalue weighted by molar-refractivity contribution is 5.74. The van der Waals surface area contributed by atoms with Gasteiger partial charge in [0.1, 0.15) is 11.6 Å². The standard InChI is InChI=1S/C14H20N4O2/c1-3-5-16-14(19)18-9-7-17(8-10-18)13-11-12(20-2)4-6-15-13/h3-4,6,11H,1,5,7-10H2,2H3,(H,16,19). The van der Waals surface area contributed by atoms with Gasteiger partial charge in [-0.15, -0.1) is 6.58 Å². The number of urea groups is 1. The van der Waals surface area contributed by atoms with Gasteiger partial charge in [-0.3, -0.25) is 0 Å². The van der Waals surface area contributed by atoms with Gasteiger partial charge in [0.15, 0.2) is 0 Å². The summed E-state index contributed by atoms with van der Waals surface area (Å²) >= 11 is 0. The maximum atomic E-state index is 11.8. The van der Waals surface area contributed by atoms with Gasteiger partial charge in [-0.1, -0.05) is 6.08 Å². The molecule has 2 amide bonds. The molecule has 1 aliphatic rings. The largest absolute Gasteiger partial charge is 0.497 e. The summed E-state index contributed by atoms with van der Waals surface area (Å²) in [6.45, 7) is 6.98. The highest BCUT2D eigenvalue weighted by Crippen LogP contribution is 2.19. The fourth-order valence-corrected chi connectivity index (χ4v) is 2.11. The number of nitrogens with one attached hydrogen (secondary N) is 1. The van der Waals surface area contributed by atoms with Crippen molar-refractivity contribution in [1.82, 2.24) is 15.2 Å². The van der Waals surface area contributed by atoms with E-state index >= 15 is 0 Å². The van der Waals surface area contributed by atoms with E-state index in [0.29, 0.717) is 19.6 Å². The molecule has 0 aliphatic carbocycles. The van der Waals surface area contributed by atoms with E-state index in [9.17, 15) is 4.79 Å². The Hall–Kier alpha value is -2.24. The first-order valence-electron chi connectivity index (χ1n) is 6.63. The summed E-state index contributed by atoms with van der Waals surface area (Å²) in [5.74, 6) is 1.68. The minimum atomic E-state index is -0.0387. The highest BCUT2D eigenvalue weighted by atomic mass is 16.5. The van der Waals surface area contributed by atoms with Gasteiger partial charge in [0, 0.05) is 45.0 Å². The molecule has 2 heterocycles. The van der Waals surface area contributed by atoms with Gasteiger partial charge in [-0.05, 0) is 6.07 Å². The molecular weight excluding hydrogens is 256 g/mol. The molecule has 108 valence electrons. The number of piperazine rings is 1. The normalized spacial score (nSPS) is 14.8. The smallest absolute Gasteiger partial charge is 0.317 e. The van der Waals surface area contributed by atoms with Crippen LogP contribution >= 0.6 is 0 Å². The molecule has 0 saturated carbocycles. The summed E-state index contributed by atoms with van der Waals surface area (Å²) in [4.78, 5) is 20.1. The van der Waals surface area contributed by atoms with Gasteiger partial charge in [-0.25, -0.2) is 9.78 Å². The number of amides is 2. The highest BCUT2D eigenvalue weighted by Gasteiger charge is 2.21. The second kappa shape index (κ2) is 6.79. The monoisotopic (exact) mass is 276 g/mol. The van der Waals surface area contributed by atoms with Crippen molar-refractivity contribution in [1.29, 1.82) is 0 Å². The average Bonchev–Trinajstić information content (AvgIpc) is 2.52. The summed E-state index contributed by atoms with van der Waals surface area (Å²) in [6, 6.07) is 3.69. The van der Waals surface area contributed by atoms with E-state index in [1.165, 1.54) is 0 Å². The van der Waals surface area contributed by atoms with Gasteiger partial charge in [-0.2, -0.15) is 0 Å². The zero-order valence-corrected chi connectivity index (χ0v) is 11.7. The first kappa shape index (κ1) is 14.2. The van der Waals surface area contributed by atoms with Crippen LogP contribution in [0, 0.1) is 0 Å². The molecule has 6 nitrogen and oxygen atoms in total. The first-order valence-corrected chi connectivity index (χ1v) is 6.63. The Balaban J connectivity index is 1.90. The number of hydrogen-bond acceptors (Lipinski definition) is 4. The van der Waals surface area contributed by atoms with Gasteiger partial charge in [0.05, 0.1) is 7.11 Å². The molecule has 1 aliphatic heterocycles. The lowest BCUT2D eigenvalue weighted by Crippen LogP contribution is -2.52. The summed E-state index contributed by atoms with van der Waals surface area (Å²) < 4.78 is 5.20. The van der Waals surface area contributed by atoms with Gasteiger partial charge < -0.3 is 19.9 Å². The van der Waals surface area contributed by atoms with Crippen LogP contribution in [0.1, 0.15) is 0 Å². The molecule has 1 saturated heterocycles. The van der Waals surface area contributed by atoms with E-state index in [2.05, 4.69) is 21.8 Å². The Morgan fingerprint density at radius 2 is 2.25 bits per heavy atom. The number of rotatable bonds is 4. The van der Waals surface area contributed by atoms with Crippen LogP contribution in [0.3, 0.4) is 0 Å². The number of pyridine rings is 1. The van der Waals surface area contributed by atoms with Crippen LogP contribution in [0.4, 0.5) is 10.6 Å². The quantitative estimate of drug-likeness (QED) is 0.837. The molecule has 1 N–H and O–H groups in total. The Bertz CT molecular complexity index is 470. The summed E-state index contributed by atoms with van der Waals surface area (Å²) in [6.07, 6.45) is 3.41. The van der Waals surface area contributed by atoms with Crippen molar-refractivity contribution in [3.8, 4) is 5.75 Å². The lowest BCUT2D eigenvalue weighted by molar-refractivity contribution is 0.195. The van der Waals surface area contributed by atoms with E-state index < -0.39 is 0 Å². The molecule has 20 heavy (non-hydrogen) atoms. The minimum Gasteiger partial charge on any atom is -0.497 e. The molecule has 6 heteroatoms. The predicted octanol–water partition coefficient (Wildman–Crippen LogP) is 1.11. The Kier molecular flexibility index (Phi) is 4.81. The first-order chi connectivity index (χ1) is 9.74. The van der Waals surface area contributed by atoms with Gasteiger partial charge >= 0.3 is 6.03 Å². The maximum absolute atomic E-state index is 11.8. The van der Waals surface area contributed by atoms with Crippen LogP contribution in [0.2, 0.25) is 0 Å². The number of methoxy groups -OCH3 is 1. The van der Waals surface area contributed by atoms with Crippen molar-refractivity contribution in [2.45, 2.75) is 0 Å². The molecule has 0 radical (unpaired) electrons. The van der Waals surface area contributed by atoms with Crippen LogP contribution in [-0.2, 0) is 0 Å². The molecule has 0 spiro atoms. The van der Waals surface area contributed by atoms with Crippen molar-refractivity contribution in [2.24, 2.45) is 0 Å². The third kappa shape index (κ3) is 3.40. The fourth-order valence-electron chi connectivity index (χ4n) is 2.11. The number of nitrogens with zero attached hydrogens (tertiary/aromatic N) is 3. The third-order valence-electron chi connectivity index (χ3n) is 3.24. The summed E-state index contributed by atoms with van der Waals surface area (Å²) in [5, 5.41) is 2.79. The van der Waals surface area contributed by atoms with E-state index in [1.54, 1.807) is 24.3 Å². The number of anilines is 1. The summed E-state index contributed by atoms with van der Waals surface area (Å²) in [5.41, 5.74) is 0. The molecule has 1 aromatic heterocycles. The topological polar surface area (TPSA) is 57.7 Å². The van der Waals surface area contributed by atoms with Crippen molar-refractivity contribution >= 4 is 11.8 Å². The Labute approximate surface area is 119 Å². The lowest BCUT2D eigenvalue weighted by atomic mass is 10.3. The maximum Gasteiger partial charge on any atom is 0.317 e. The van der Waals surface area contributed by atoms with Crippen molar-refractivity contribution in [3.63, 3.8) is 0 Å². The molecule has 0 unspecified atom stereocenters. The average molecular weight is 276 g/mol. The Morgan fingerprint density at radius 1 is 1.50 bits per heavy atom. The molecule has 1 aromatic rings. The lowest BCUT2D eigenvalue weighted by Gasteiger charge is -2.35. The number of hydrogen-bond donors (Lipinski definition) is 1. The number of carbonyl (C=O) groups is 1. The molecule has 2 rings (SSSR count). The molecule has 1 fully saturated rings. The van der Waals surface area contributed by atoms with Crippen molar-refractivity contribution in [2.75, 3.05) is 44.7 Å². The SMILES string of the molecule is C=CCNC(=O)N1CCN(c2cc(OC)ccn2)CC1.